The van der Waals surface area contributed by atoms with Gasteiger partial charge < -0.3 is 0 Å². The van der Waals surface area contributed by atoms with E-state index in [1.165, 1.54) is 17.3 Å². The van der Waals surface area contributed by atoms with E-state index in [0.717, 1.165) is 4.47 Å². The van der Waals surface area contributed by atoms with Crippen molar-refractivity contribution in [1.82, 2.24) is 0 Å². The van der Waals surface area contributed by atoms with Crippen LogP contribution in [0.3, 0.4) is 0 Å². The number of aliphatic hydroxyl groups is 1. The van der Waals surface area contributed by atoms with Gasteiger partial charge in [-0.25, -0.2) is 0 Å². The van der Waals surface area contributed by atoms with Gasteiger partial charge in [-0.05, 0) is 0 Å². The summed E-state index contributed by atoms with van der Waals surface area (Å²) in [6.45, 7) is 4.10. The third-order valence-electron chi connectivity index (χ3n) is 1.00. The molecule has 56 valence electrons. The molecule has 0 aliphatic heterocycles. The zero-order valence-corrected chi connectivity index (χ0v) is 8.59. The molecule has 0 radical (unpaired) electrons. The van der Waals surface area contributed by atoms with Crippen molar-refractivity contribution >= 4 is 20.9 Å². The van der Waals surface area contributed by atoms with Crippen molar-refractivity contribution in [3.63, 3.8) is 0 Å². The fourth-order valence-corrected chi connectivity index (χ4v) is 3.36. The molecule has 0 saturated heterocycles. The Balaban J connectivity index is 2.75. The van der Waals surface area contributed by atoms with Gasteiger partial charge in [-0.3, -0.25) is 0 Å². The summed E-state index contributed by atoms with van der Waals surface area (Å²) in [4.78, 5) is 0. The van der Waals surface area contributed by atoms with Crippen LogP contribution < -0.4 is 0 Å². The molecule has 0 aromatic rings. The van der Waals surface area contributed by atoms with Crippen molar-refractivity contribution in [2.45, 2.75) is 41.7 Å². The molecule has 0 fully saturated rings. The Labute approximate surface area is 67.9 Å². The van der Waals surface area contributed by atoms with Gasteiger partial charge in [0.15, 0.2) is 0 Å². The molecule has 2 heteroatoms. The molecule has 1 atom stereocenters. The quantitative estimate of drug-likeness (QED) is 0.576. The molecule has 1 unspecified atom stereocenters. The third kappa shape index (κ3) is 8.75. The Kier molecular flexibility index (Phi) is 7.44. The van der Waals surface area contributed by atoms with Crippen LogP contribution in [0.2, 0.25) is 8.94 Å². The van der Waals surface area contributed by atoms with Crippen LogP contribution in [-0.4, -0.2) is 32.1 Å². The van der Waals surface area contributed by atoms with Crippen molar-refractivity contribution in [2.75, 3.05) is 0 Å². The van der Waals surface area contributed by atoms with E-state index in [1.54, 1.807) is 0 Å². The van der Waals surface area contributed by atoms with Gasteiger partial charge in [-0.2, -0.15) is 0 Å². The van der Waals surface area contributed by atoms with E-state index in [9.17, 15) is 0 Å². The first-order chi connectivity index (χ1) is 4.27. The summed E-state index contributed by atoms with van der Waals surface area (Å²) in [6.07, 6.45) is 2.64. The van der Waals surface area contributed by atoms with Gasteiger partial charge in [0.2, 0.25) is 0 Å². The van der Waals surface area contributed by atoms with Crippen LogP contribution in [0.25, 0.3) is 0 Å². The summed E-state index contributed by atoms with van der Waals surface area (Å²) in [5, 5.41) is 8.88. The number of hydrogen-bond acceptors (Lipinski definition) is 1. The van der Waals surface area contributed by atoms with E-state index in [4.69, 9.17) is 5.11 Å². The van der Waals surface area contributed by atoms with Gasteiger partial charge in [0.25, 0.3) is 0 Å². The topological polar surface area (TPSA) is 20.2 Å². The second-order valence-electron chi connectivity index (χ2n) is 2.28. The van der Waals surface area contributed by atoms with E-state index in [2.05, 4.69) is 6.92 Å². The van der Waals surface area contributed by atoms with Crippen molar-refractivity contribution in [3.8, 4) is 0 Å². The second kappa shape index (κ2) is 6.86. The molecule has 0 heterocycles. The maximum atomic E-state index is 8.88. The molecule has 0 amide bonds. The summed E-state index contributed by atoms with van der Waals surface area (Å²) in [6, 6.07) is 0. The molecule has 0 spiro atoms. The predicted molar refractivity (Wildman–Crippen MR) is 42.0 cm³/mol. The Morgan fingerprint density at radius 3 is 2.67 bits per heavy atom. The Morgan fingerprint density at radius 2 is 2.22 bits per heavy atom. The van der Waals surface area contributed by atoms with Gasteiger partial charge in [0, 0.05) is 0 Å². The second-order valence-corrected chi connectivity index (χ2v) is 5.56. The van der Waals surface area contributed by atoms with Crippen LogP contribution in [0.4, 0.5) is 0 Å². The third-order valence-corrected chi connectivity index (χ3v) is 4.70. The molecule has 1 N–H and O–H groups in total. The van der Waals surface area contributed by atoms with Crippen molar-refractivity contribution < 1.29 is 5.11 Å². The molecule has 0 aromatic carbocycles. The number of rotatable bonds is 5. The summed E-state index contributed by atoms with van der Waals surface area (Å²) in [7, 11) is 0. The summed E-state index contributed by atoms with van der Waals surface area (Å²) < 4.78 is 2.51. The Bertz CT molecular complexity index is 54.9. The SMILES string of the molecule is CCCC[Te]CC(C)O. The number of unbranched alkanes of at least 4 members (excludes halogenated alkanes) is 1. The minimum absolute atomic E-state index is 0.0377. The summed E-state index contributed by atoms with van der Waals surface area (Å²) in [5.41, 5.74) is 0. The predicted octanol–water partition coefficient (Wildman–Crippen LogP) is 1.71. The average Bonchev–Trinajstić information content (AvgIpc) is 1.80. The molecule has 0 bridgehead atoms. The average molecular weight is 244 g/mol. The molecule has 0 saturated carbocycles. The van der Waals surface area contributed by atoms with Crippen LogP contribution in [0, 0.1) is 0 Å². The van der Waals surface area contributed by atoms with E-state index < -0.39 is 0 Å². The van der Waals surface area contributed by atoms with Crippen LogP contribution in [0.1, 0.15) is 26.7 Å². The van der Waals surface area contributed by atoms with Gasteiger partial charge >= 0.3 is 67.8 Å². The zero-order valence-electron chi connectivity index (χ0n) is 6.26. The molecule has 0 rings (SSSR count). The molecule has 0 aliphatic carbocycles. The first-order valence-corrected chi connectivity index (χ1v) is 6.82. The van der Waals surface area contributed by atoms with Crippen molar-refractivity contribution in [2.24, 2.45) is 0 Å². The fourth-order valence-electron chi connectivity index (χ4n) is 0.500. The van der Waals surface area contributed by atoms with E-state index in [-0.39, 0.29) is 27.0 Å². The first-order valence-electron chi connectivity index (χ1n) is 3.53. The van der Waals surface area contributed by atoms with Gasteiger partial charge in [-0.1, -0.05) is 0 Å². The van der Waals surface area contributed by atoms with E-state index >= 15 is 0 Å². The van der Waals surface area contributed by atoms with Crippen LogP contribution in [0.5, 0.6) is 0 Å². The maximum absolute atomic E-state index is 8.88. The number of aliphatic hydroxyl groups excluding tert-OH is 1. The van der Waals surface area contributed by atoms with Gasteiger partial charge in [0.1, 0.15) is 0 Å². The van der Waals surface area contributed by atoms with Crippen LogP contribution in [-0.2, 0) is 0 Å². The molecule has 0 aromatic heterocycles. The molecule has 9 heavy (non-hydrogen) atoms. The molecule has 0 aliphatic rings. The van der Waals surface area contributed by atoms with Crippen LogP contribution >= 0.6 is 0 Å². The van der Waals surface area contributed by atoms with Crippen LogP contribution in [0.15, 0.2) is 0 Å². The molecule has 1 nitrogen and oxygen atoms in total. The van der Waals surface area contributed by atoms with Gasteiger partial charge in [0.05, 0.1) is 0 Å². The summed E-state index contributed by atoms with van der Waals surface area (Å²) in [5.74, 6) is 0. The Morgan fingerprint density at radius 1 is 1.56 bits per heavy atom. The standard InChI is InChI=1S/C7H16OTe/c1-3-4-5-9-6-7(2)8/h7-8H,3-6H2,1-2H3. The normalized spacial score (nSPS) is 13.7. The fraction of sp³-hybridized carbons (Fsp3) is 1.00. The minimum atomic E-state index is -0.0377. The first kappa shape index (κ1) is 9.75. The summed E-state index contributed by atoms with van der Waals surface area (Å²) >= 11 is 0.172. The van der Waals surface area contributed by atoms with Crippen molar-refractivity contribution in [1.29, 1.82) is 0 Å². The molecular weight excluding hydrogens is 228 g/mol. The number of hydrogen-bond donors (Lipinski definition) is 1. The monoisotopic (exact) mass is 246 g/mol. The van der Waals surface area contributed by atoms with E-state index in [0.29, 0.717) is 0 Å². The van der Waals surface area contributed by atoms with Gasteiger partial charge in [-0.15, -0.1) is 0 Å². The Hall–Kier alpha value is 0.750. The molecular formula is C7H16OTe. The van der Waals surface area contributed by atoms with E-state index in [1.807, 2.05) is 6.92 Å². The van der Waals surface area contributed by atoms with Crippen molar-refractivity contribution in [3.05, 3.63) is 0 Å². The zero-order chi connectivity index (χ0) is 7.11.